The molecular weight excluding hydrogens is 254 g/mol. The van der Waals surface area contributed by atoms with E-state index in [0.29, 0.717) is 6.04 Å². The topological polar surface area (TPSA) is 29.9 Å². The van der Waals surface area contributed by atoms with Crippen molar-refractivity contribution in [3.05, 3.63) is 39.6 Å². The van der Waals surface area contributed by atoms with Gasteiger partial charge < -0.3 is 9.88 Å². The van der Waals surface area contributed by atoms with Gasteiger partial charge in [-0.3, -0.25) is 0 Å². The Labute approximate surface area is 110 Å². The van der Waals surface area contributed by atoms with Crippen molar-refractivity contribution >= 4 is 22.9 Å². The third kappa shape index (κ3) is 3.56. The summed E-state index contributed by atoms with van der Waals surface area (Å²) in [4.78, 5) is 5.61. The number of rotatable bonds is 5. The molecule has 2 heterocycles. The molecule has 2 aromatic rings. The zero-order valence-electron chi connectivity index (χ0n) is 9.98. The summed E-state index contributed by atoms with van der Waals surface area (Å²) in [7, 11) is 0. The SMILES string of the molecule is CC(C)NCc1nccn1Cc1ccc(Cl)s1. The Balaban J connectivity index is 2.03. The van der Waals surface area contributed by atoms with Gasteiger partial charge in [0, 0.05) is 23.3 Å². The van der Waals surface area contributed by atoms with E-state index in [1.165, 1.54) is 4.88 Å². The monoisotopic (exact) mass is 269 g/mol. The van der Waals surface area contributed by atoms with Crippen molar-refractivity contribution in [3.63, 3.8) is 0 Å². The number of hydrogen-bond donors (Lipinski definition) is 1. The summed E-state index contributed by atoms with van der Waals surface area (Å²) < 4.78 is 2.99. The molecule has 0 fully saturated rings. The molecule has 0 unspecified atom stereocenters. The summed E-state index contributed by atoms with van der Waals surface area (Å²) in [5, 5.41) is 3.37. The highest BCUT2D eigenvalue weighted by atomic mass is 35.5. The first-order valence-corrected chi connectivity index (χ1v) is 6.82. The molecule has 3 nitrogen and oxygen atoms in total. The van der Waals surface area contributed by atoms with Gasteiger partial charge in [-0.1, -0.05) is 25.4 Å². The van der Waals surface area contributed by atoms with Crippen molar-refractivity contribution in [2.75, 3.05) is 0 Å². The summed E-state index contributed by atoms with van der Waals surface area (Å²) in [6, 6.07) is 4.47. The van der Waals surface area contributed by atoms with E-state index < -0.39 is 0 Å². The van der Waals surface area contributed by atoms with E-state index in [1.54, 1.807) is 11.3 Å². The van der Waals surface area contributed by atoms with Crippen LogP contribution in [0.25, 0.3) is 0 Å². The van der Waals surface area contributed by atoms with E-state index in [2.05, 4.69) is 34.8 Å². The lowest BCUT2D eigenvalue weighted by Crippen LogP contribution is -2.24. The van der Waals surface area contributed by atoms with E-state index in [0.717, 1.165) is 23.3 Å². The molecule has 0 radical (unpaired) electrons. The maximum Gasteiger partial charge on any atom is 0.122 e. The number of imidazole rings is 1. The predicted octanol–water partition coefficient (Wildman–Crippen LogP) is 3.14. The molecule has 0 saturated heterocycles. The Morgan fingerprint density at radius 3 is 2.94 bits per heavy atom. The van der Waals surface area contributed by atoms with Crippen LogP contribution in [0.4, 0.5) is 0 Å². The highest BCUT2D eigenvalue weighted by Gasteiger charge is 2.05. The molecule has 0 aliphatic carbocycles. The van der Waals surface area contributed by atoms with Crippen LogP contribution in [0.1, 0.15) is 24.5 Å². The third-order valence-corrected chi connectivity index (χ3v) is 3.64. The van der Waals surface area contributed by atoms with E-state index in [9.17, 15) is 0 Å². The largest absolute Gasteiger partial charge is 0.329 e. The van der Waals surface area contributed by atoms with Gasteiger partial charge in [-0.25, -0.2) is 4.98 Å². The summed E-state index contributed by atoms with van der Waals surface area (Å²) in [5.41, 5.74) is 0. The molecule has 2 rings (SSSR count). The van der Waals surface area contributed by atoms with Crippen molar-refractivity contribution < 1.29 is 0 Å². The van der Waals surface area contributed by atoms with Crippen molar-refractivity contribution in [1.82, 2.24) is 14.9 Å². The highest BCUT2D eigenvalue weighted by Crippen LogP contribution is 2.22. The third-order valence-electron chi connectivity index (χ3n) is 2.43. The highest BCUT2D eigenvalue weighted by molar-refractivity contribution is 7.16. The van der Waals surface area contributed by atoms with E-state index >= 15 is 0 Å². The quantitative estimate of drug-likeness (QED) is 0.904. The maximum atomic E-state index is 5.92. The van der Waals surface area contributed by atoms with Gasteiger partial charge in [-0.15, -0.1) is 11.3 Å². The average Bonchev–Trinajstić information content (AvgIpc) is 2.86. The minimum atomic E-state index is 0.469. The minimum Gasteiger partial charge on any atom is -0.329 e. The molecule has 92 valence electrons. The van der Waals surface area contributed by atoms with Gasteiger partial charge in [0.15, 0.2) is 0 Å². The second-order valence-corrected chi connectivity index (χ2v) is 6.01. The zero-order chi connectivity index (χ0) is 12.3. The van der Waals surface area contributed by atoms with Crippen LogP contribution in [-0.4, -0.2) is 15.6 Å². The molecule has 17 heavy (non-hydrogen) atoms. The lowest BCUT2D eigenvalue weighted by atomic mass is 10.4. The van der Waals surface area contributed by atoms with Crippen LogP contribution >= 0.6 is 22.9 Å². The second-order valence-electron chi connectivity index (χ2n) is 4.21. The Kier molecular flexibility index (Phi) is 4.20. The molecule has 0 amide bonds. The first-order valence-electron chi connectivity index (χ1n) is 5.63. The molecule has 0 saturated carbocycles. The van der Waals surface area contributed by atoms with E-state index in [4.69, 9.17) is 11.6 Å². The summed E-state index contributed by atoms with van der Waals surface area (Å²) in [6.45, 7) is 5.90. The van der Waals surface area contributed by atoms with Crippen LogP contribution < -0.4 is 5.32 Å². The van der Waals surface area contributed by atoms with Gasteiger partial charge in [0.25, 0.3) is 0 Å². The lowest BCUT2D eigenvalue weighted by Gasteiger charge is -2.09. The first kappa shape index (κ1) is 12.6. The van der Waals surface area contributed by atoms with E-state index in [1.807, 2.05) is 18.5 Å². The number of hydrogen-bond acceptors (Lipinski definition) is 3. The van der Waals surface area contributed by atoms with Crippen LogP contribution in [-0.2, 0) is 13.1 Å². The van der Waals surface area contributed by atoms with Crippen LogP contribution in [0.3, 0.4) is 0 Å². The average molecular weight is 270 g/mol. The number of nitrogens with zero attached hydrogens (tertiary/aromatic N) is 2. The van der Waals surface area contributed by atoms with Crippen molar-refractivity contribution in [2.45, 2.75) is 33.0 Å². The molecule has 0 spiro atoms. The molecular formula is C12H16ClN3S. The van der Waals surface area contributed by atoms with Crippen LogP contribution in [0, 0.1) is 0 Å². The Morgan fingerprint density at radius 1 is 1.47 bits per heavy atom. The van der Waals surface area contributed by atoms with Crippen LogP contribution in [0.5, 0.6) is 0 Å². The normalized spacial score (nSPS) is 11.3. The molecule has 0 bridgehead atoms. The Hall–Kier alpha value is -0.840. The van der Waals surface area contributed by atoms with Crippen molar-refractivity contribution in [1.29, 1.82) is 0 Å². The Morgan fingerprint density at radius 2 is 2.29 bits per heavy atom. The van der Waals surface area contributed by atoms with Gasteiger partial charge in [0.1, 0.15) is 5.82 Å². The molecule has 5 heteroatoms. The number of halogens is 1. The van der Waals surface area contributed by atoms with Crippen LogP contribution in [0.2, 0.25) is 4.34 Å². The van der Waals surface area contributed by atoms with Gasteiger partial charge in [0.2, 0.25) is 0 Å². The fraction of sp³-hybridized carbons (Fsp3) is 0.417. The standard InChI is InChI=1S/C12H16ClN3S/c1-9(2)15-7-12-14-5-6-16(12)8-10-3-4-11(13)17-10/h3-6,9,15H,7-8H2,1-2H3. The number of nitrogens with one attached hydrogen (secondary N) is 1. The molecule has 0 aromatic carbocycles. The summed E-state index contributed by atoms with van der Waals surface area (Å²) in [6.07, 6.45) is 3.84. The van der Waals surface area contributed by atoms with Crippen LogP contribution in [0.15, 0.2) is 24.5 Å². The molecule has 2 aromatic heterocycles. The second kappa shape index (κ2) is 5.67. The maximum absolute atomic E-state index is 5.92. The molecule has 0 atom stereocenters. The van der Waals surface area contributed by atoms with Gasteiger partial charge >= 0.3 is 0 Å². The lowest BCUT2D eigenvalue weighted by molar-refractivity contribution is 0.555. The van der Waals surface area contributed by atoms with Crippen molar-refractivity contribution in [3.8, 4) is 0 Å². The fourth-order valence-electron chi connectivity index (χ4n) is 1.55. The molecule has 1 N–H and O–H groups in total. The fourth-order valence-corrected chi connectivity index (χ4v) is 2.64. The van der Waals surface area contributed by atoms with E-state index in [-0.39, 0.29) is 0 Å². The smallest absolute Gasteiger partial charge is 0.122 e. The molecule has 0 aliphatic rings. The number of aromatic nitrogens is 2. The first-order chi connectivity index (χ1) is 8.15. The van der Waals surface area contributed by atoms with Gasteiger partial charge in [-0.05, 0) is 12.1 Å². The summed E-state index contributed by atoms with van der Waals surface area (Å²) in [5.74, 6) is 1.06. The predicted molar refractivity (Wildman–Crippen MR) is 72.6 cm³/mol. The van der Waals surface area contributed by atoms with Gasteiger partial charge in [-0.2, -0.15) is 0 Å². The van der Waals surface area contributed by atoms with Gasteiger partial charge in [0.05, 0.1) is 17.4 Å². The minimum absolute atomic E-state index is 0.469. The Bertz CT molecular complexity index is 476. The van der Waals surface area contributed by atoms with Crippen molar-refractivity contribution in [2.24, 2.45) is 0 Å². The number of thiophene rings is 1. The zero-order valence-corrected chi connectivity index (χ0v) is 11.6. The molecule has 0 aliphatic heterocycles. The summed E-state index contributed by atoms with van der Waals surface area (Å²) >= 11 is 7.54.